The van der Waals surface area contributed by atoms with Crippen molar-refractivity contribution in [2.45, 2.75) is 55.7 Å². The molecule has 3 amide bonds. The minimum absolute atomic E-state index is 0.0598. The van der Waals surface area contributed by atoms with E-state index in [1.165, 1.54) is 12.0 Å². The number of likely N-dealkylation sites (tertiary alicyclic amines) is 1. The normalized spacial score (nSPS) is 31.1. The molecule has 4 heterocycles. The first kappa shape index (κ1) is 33.6. The zero-order chi connectivity index (χ0) is 35.0. The standard InChI is InChI=1S/C39H41N3O8/c1-24(22-43)42-35-37(46)41(28-17-16-25-11-8-9-14-27(25)21-28)20-10-4-7-15-31(44)40-29(23-48-2)34(26-12-5-3-6-13-26)49-38(47)32-30-18-19-39(35,50-30)33(32)36(42)45/h3-6,8-14,16-19,21,24,29-30,32-35,43H,7,15,20,22-23H2,1-2H3,(H,40,44)/b10-4-/t24-,29-,30+,32-,33-,34-,35+,39-/m1/s1. The molecule has 3 aromatic rings. The summed E-state index contributed by atoms with van der Waals surface area (Å²) in [5, 5.41) is 15.3. The van der Waals surface area contributed by atoms with E-state index in [4.69, 9.17) is 14.2 Å². The highest BCUT2D eigenvalue weighted by Crippen LogP contribution is 2.56. The molecule has 11 heteroatoms. The first-order valence-electron chi connectivity index (χ1n) is 17.1. The fraction of sp³-hybridized carbons (Fsp3) is 0.385. The van der Waals surface area contributed by atoms with E-state index in [2.05, 4.69) is 5.32 Å². The van der Waals surface area contributed by atoms with E-state index in [1.54, 1.807) is 36.1 Å². The van der Waals surface area contributed by atoms with Crippen LogP contribution in [0.2, 0.25) is 0 Å². The van der Waals surface area contributed by atoms with Gasteiger partial charge in [0.1, 0.15) is 23.7 Å². The number of esters is 1. The van der Waals surface area contributed by atoms with Gasteiger partial charge in [0.2, 0.25) is 11.8 Å². The summed E-state index contributed by atoms with van der Waals surface area (Å²) in [6, 6.07) is 20.0. The van der Waals surface area contributed by atoms with Crippen LogP contribution < -0.4 is 10.2 Å². The number of nitrogens with one attached hydrogen (secondary N) is 1. The maximum Gasteiger partial charge on any atom is 0.313 e. The number of methoxy groups -OCH3 is 1. The molecule has 11 nitrogen and oxygen atoms in total. The zero-order valence-corrected chi connectivity index (χ0v) is 28.0. The second kappa shape index (κ2) is 13.8. The topological polar surface area (TPSA) is 135 Å². The smallest absolute Gasteiger partial charge is 0.313 e. The molecular formula is C39H41N3O8. The highest BCUT2D eigenvalue weighted by Gasteiger charge is 2.74. The van der Waals surface area contributed by atoms with Crippen LogP contribution in [-0.4, -0.2) is 90.4 Å². The van der Waals surface area contributed by atoms with Gasteiger partial charge in [0, 0.05) is 25.8 Å². The number of rotatable bonds is 6. The lowest BCUT2D eigenvalue weighted by atomic mass is 9.74. The van der Waals surface area contributed by atoms with Crippen LogP contribution in [0, 0.1) is 11.8 Å². The number of hydrogen-bond donors (Lipinski definition) is 2. The Labute approximate surface area is 290 Å². The molecule has 1 spiro atoms. The van der Waals surface area contributed by atoms with Crippen molar-refractivity contribution in [1.82, 2.24) is 10.2 Å². The highest BCUT2D eigenvalue weighted by molar-refractivity contribution is 6.06. The molecule has 8 atom stereocenters. The molecule has 2 fully saturated rings. The molecule has 5 bridgehead atoms. The summed E-state index contributed by atoms with van der Waals surface area (Å²) in [5.74, 6) is -3.98. The largest absolute Gasteiger partial charge is 0.455 e. The Morgan fingerprint density at radius 3 is 2.50 bits per heavy atom. The van der Waals surface area contributed by atoms with E-state index < -0.39 is 72.2 Å². The van der Waals surface area contributed by atoms with Gasteiger partial charge < -0.3 is 34.4 Å². The number of benzene rings is 3. The number of ether oxygens (including phenoxy) is 3. The summed E-state index contributed by atoms with van der Waals surface area (Å²) in [6.45, 7) is 1.48. The average molecular weight is 680 g/mol. The molecule has 0 aliphatic carbocycles. The Morgan fingerprint density at radius 1 is 0.980 bits per heavy atom. The lowest BCUT2D eigenvalue weighted by Crippen LogP contribution is -2.58. The van der Waals surface area contributed by atoms with Gasteiger partial charge in [0.25, 0.3) is 5.91 Å². The molecule has 50 heavy (non-hydrogen) atoms. The molecule has 4 aliphatic rings. The SMILES string of the molecule is COC[C@H]1NC(=O)CC/C=C\CN(c2ccc3ccccc3c2)C(=O)[C@@H]2N([C@H](C)CO)C(=O)[C@H]3[C@H](C(=O)O[C@@H]1c1ccccc1)[C@@H]1C=C[C@]23O1. The fourth-order valence-corrected chi connectivity index (χ4v) is 7.94. The Morgan fingerprint density at radius 2 is 1.74 bits per heavy atom. The van der Waals surface area contributed by atoms with Crippen LogP contribution in [-0.2, 0) is 33.4 Å². The van der Waals surface area contributed by atoms with Crippen molar-refractivity contribution in [3.8, 4) is 0 Å². The molecule has 2 saturated heterocycles. The van der Waals surface area contributed by atoms with Gasteiger partial charge in [-0.2, -0.15) is 0 Å². The van der Waals surface area contributed by atoms with Gasteiger partial charge in [-0.15, -0.1) is 0 Å². The van der Waals surface area contributed by atoms with Crippen LogP contribution >= 0.6 is 0 Å². The van der Waals surface area contributed by atoms with E-state index >= 15 is 4.79 Å². The number of amides is 3. The van der Waals surface area contributed by atoms with Gasteiger partial charge in [-0.05, 0) is 41.8 Å². The molecule has 0 saturated carbocycles. The van der Waals surface area contributed by atoms with Crippen LogP contribution in [0.1, 0.15) is 31.4 Å². The van der Waals surface area contributed by atoms with Crippen LogP contribution in [0.3, 0.4) is 0 Å². The van der Waals surface area contributed by atoms with Crippen molar-refractivity contribution in [2.24, 2.45) is 11.8 Å². The molecule has 7 rings (SSSR count). The predicted molar refractivity (Wildman–Crippen MR) is 185 cm³/mol. The third-order valence-corrected chi connectivity index (χ3v) is 10.3. The number of allylic oxidation sites excluding steroid dienone is 1. The molecule has 3 aromatic carbocycles. The third-order valence-electron chi connectivity index (χ3n) is 10.3. The van der Waals surface area contributed by atoms with Crippen LogP contribution in [0.4, 0.5) is 5.69 Å². The van der Waals surface area contributed by atoms with E-state index in [0.717, 1.165) is 10.8 Å². The van der Waals surface area contributed by atoms with Gasteiger partial charge in [0.15, 0.2) is 0 Å². The summed E-state index contributed by atoms with van der Waals surface area (Å²) in [7, 11) is 1.51. The Kier molecular flexibility index (Phi) is 9.30. The second-order valence-corrected chi connectivity index (χ2v) is 13.4. The Bertz CT molecular complexity index is 1850. The van der Waals surface area contributed by atoms with Crippen molar-refractivity contribution in [2.75, 3.05) is 31.8 Å². The molecule has 2 N–H and O–H groups in total. The summed E-state index contributed by atoms with van der Waals surface area (Å²) in [4.78, 5) is 60.2. The van der Waals surface area contributed by atoms with Gasteiger partial charge in [-0.25, -0.2) is 0 Å². The molecule has 4 aliphatic heterocycles. The second-order valence-electron chi connectivity index (χ2n) is 13.4. The number of nitrogens with zero attached hydrogens (tertiary/aromatic N) is 2. The Hall–Kier alpha value is -4.84. The van der Waals surface area contributed by atoms with Crippen LogP contribution in [0.5, 0.6) is 0 Å². The van der Waals surface area contributed by atoms with E-state index in [9.17, 15) is 19.5 Å². The average Bonchev–Trinajstić information content (AvgIpc) is 3.78. The zero-order valence-electron chi connectivity index (χ0n) is 28.0. The molecule has 0 aromatic heterocycles. The van der Waals surface area contributed by atoms with Crippen molar-refractivity contribution in [1.29, 1.82) is 0 Å². The molecular weight excluding hydrogens is 638 g/mol. The number of carbonyl (C=O) groups excluding carboxylic acids is 4. The number of aliphatic hydroxyl groups excluding tert-OH is 1. The fourth-order valence-electron chi connectivity index (χ4n) is 7.94. The van der Waals surface area contributed by atoms with Crippen molar-refractivity contribution in [3.63, 3.8) is 0 Å². The van der Waals surface area contributed by atoms with Gasteiger partial charge in [-0.1, -0.05) is 85.0 Å². The summed E-state index contributed by atoms with van der Waals surface area (Å²) < 4.78 is 18.3. The van der Waals surface area contributed by atoms with Crippen LogP contribution in [0.25, 0.3) is 10.8 Å². The highest BCUT2D eigenvalue weighted by atomic mass is 16.6. The third kappa shape index (κ3) is 5.78. The van der Waals surface area contributed by atoms with Gasteiger partial charge in [0.05, 0.1) is 37.3 Å². The van der Waals surface area contributed by atoms with Crippen LogP contribution in [0.15, 0.2) is 97.1 Å². The lowest BCUT2D eigenvalue weighted by Gasteiger charge is -2.37. The first-order valence-corrected chi connectivity index (χ1v) is 17.1. The number of cyclic esters (lactones) is 1. The number of fused-ring (bicyclic) bond motifs is 3. The molecule has 0 radical (unpaired) electrons. The number of anilines is 1. The predicted octanol–water partition coefficient (Wildman–Crippen LogP) is 3.47. The number of carbonyl (C=O) groups is 4. The lowest BCUT2D eigenvalue weighted by molar-refractivity contribution is -0.162. The van der Waals surface area contributed by atoms with Crippen molar-refractivity contribution >= 4 is 40.2 Å². The minimum atomic E-state index is -1.47. The minimum Gasteiger partial charge on any atom is -0.455 e. The Balaban J connectivity index is 1.34. The van der Waals surface area contributed by atoms with Gasteiger partial charge >= 0.3 is 5.97 Å². The van der Waals surface area contributed by atoms with Crippen molar-refractivity contribution < 1.29 is 38.5 Å². The maximum absolute atomic E-state index is 15.0. The summed E-state index contributed by atoms with van der Waals surface area (Å²) >= 11 is 0. The van der Waals surface area contributed by atoms with E-state index in [0.29, 0.717) is 17.7 Å². The summed E-state index contributed by atoms with van der Waals surface area (Å²) in [5.41, 5.74) is -0.220. The first-order chi connectivity index (χ1) is 24.3. The van der Waals surface area contributed by atoms with E-state index in [1.807, 2.05) is 72.8 Å². The maximum atomic E-state index is 15.0. The monoisotopic (exact) mass is 679 g/mol. The molecule has 260 valence electrons. The number of aliphatic hydroxyl groups is 1. The van der Waals surface area contributed by atoms with Gasteiger partial charge in [-0.3, -0.25) is 19.2 Å². The quantitative estimate of drug-likeness (QED) is 0.299. The van der Waals surface area contributed by atoms with Crippen molar-refractivity contribution in [3.05, 3.63) is 103 Å². The van der Waals surface area contributed by atoms with E-state index in [-0.39, 0.29) is 25.5 Å². The number of hydrogen-bond acceptors (Lipinski definition) is 8. The molecule has 0 unspecified atom stereocenters. The summed E-state index contributed by atoms with van der Waals surface area (Å²) in [6.07, 6.45) is 5.93.